The van der Waals surface area contributed by atoms with E-state index in [9.17, 15) is 27.6 Å². The molecule has 2 aromatic rings. The molecule has 12 N–H and O–H groups in total. The molecule has 0 radical (unpaired) electrons. The van der Waals surface area contributed by atoms with Crippen molar-refractivity contribution in [1.29, 1.82) is 5.41 Å². The number of benzene rings is 2. The molecular formula is C33H45F3N8O5. The lowest BCUT2D eigenvalue weighted by Crippen LogP contribution is -2.55. The van der Waals surface area contributed by atoms with Gasteiger partial charge in [0.1, 0.15) is 17.9 Å². The first-order valence-electron chi connectivity index (χ1n) is 15.8. The zero-order valence-corrected chi connectivity index (χ0v) is 27.0. The van der Waals surface area contributed by atoms with E-state index in [1.807, 2.05) is 42.5 Å². The first-order valence-corrected chi connectivity index (χ1v) is 15.8. The maximum Gasteiger partial charge on any atom is 0.490 e. The summed E-state index contributed by atoms with van der Waals surface area (Å²) in [6, 6.07) is 14.9. The van der Waals surface area contributed by atoms with Crippen LogP contribution in [0.2, 0.25) is 0 Å². The Morgan fingerprint density at radius 1 is 0.837 bits per heavy atom. The van der Waals surface area contributed by atoms with Crippen LogP contribution in [0.15, 0.2) is 59.6 Å². The number of carboxylic acids is 1. The first kappa shape index (κ1) is 40.0. The van der Waals surface area contributed by atoms with E-state index in [4.69, 9.17) is 38.2 Å². The number of aliphatic carboxylic acids is 1. The van der Waals surface area contributed by atoms with Gasteiger partial charge in [-0.1, -0.05) is 73.9 Å². The standard InChI is InChI=1S/C31H44N8O3.C2HF3O2/c32-27(33)23-15-13-21(14-16-23)18-24(22-10-5-2-6-11-22)29(41)39-26(19-20-8-3-1-4-9-20)30(42)38-25(28(34)40)12-7-17-37-31(35)36;3-2(4,5)1(6)7/h1,3-4,8-9,13-16,22,24-26H,2,5-7,10-12,17-19H2,(H3,32,33)(H2,34,40)(H,38,42)(H,39,41)(H4,35,36,37);(H,6,7)/t24-,25?,26-;/m0./s1. The molecule has 0 bridgehead atoms. The number of guanidine groups is 1. The molecule has 0 aromatic heterocycles. The van der Waals surface area contributed by atoms with E-state index in [-0.39, 0.29) is 42.4 Å². The van der Waals surface area contributed by atoms with Gasteiger partial charge < -0.3 is 38.7 Å². The zero-order valence-electron chi connectivity index (χ0n) is 27.0. The summed E-state index contributed by atoms with van der Waals surface area (Å²) in [5.41, 5.74) is 24.4. The van der Waals surface area contributed by atoms with Crippen LogP contribution in [0.1, 0.15) is 61.6 Å². The molecule has 1 fully saturated rings. The number of nitrogens with one attached hydrogen (secondary N) is 3. The summed E-state index contributed by atoms with van der Waals surface area (Å²) in [6.45, 7) is 0.294. The van der Waals surface area contributed by atoms with E-state index in [1.54, 1.807) is 12.1 Å². The van der Waals surface area contributed by atoms with Crippen LogP contribution >= 0.6 is 0 Å². The molecule has 2 aromatic carbocycles. The van der Waals surface area contributed by atoms with Gasteiger partial charge in [-0.05, 0) is 49.1 Å². The number of nitrogens with zero attached hydrogens (tertiary/aromatic N) is 1. The molecule has 0 spiro atoms. The summed E-state index contributed by atoms with van der Waals surface area (Å²) < 4.78 is 31.7. The van der Waals surface area contributed by atoms with Gasteiger partial charge in [0.2, 0.25) is 17.7 Å². The topological polar surface area (TPSA) is 253 Å². The Balaban J connectivity index is 0.00000107. The summed E-state index contributed by atoms with van der Waals surface area (Å²) in [5, 5.41) is 20.6. The second-order valence-electron chi connectivity index (χ2n) is 11.8. The third-order valence-corrected chi connectivity index (χ3v) is 8.04. The number of amides is 3. The van der Waals surface area contributed by atoms with Gasteiger partial charge in [-0.15, -0.1) is 0 Å². The first-order chi connectivity index (χ1) is 23.1. The second kappa shape index (κ2) is 19.6. The molecule has 0 aliphatic heterocycles. The molecule has 1 saturated carbocycles. The van der Waals surface area contributed by atoms with Gasteiger partial charge in [0.25, 0.3) is 0 Å². The maximum atomic E-state index is 13.9. The number of halogens is 3. The number of carboxylic acid groups (broad SMARTS) is 1. The Bertz CT molecular complexity index is 1430. The predicted octanol–water partition coefficient (Wildman–Crippen LogP) is 2.09. The zero-order chi connectivity index (χ0) is 36.6. The number of alkyl halides is 3. The van der Waals surface area contributed by atoms with Crippen molar-refractivity contribution in [3.05, 3.63) is 71.3 Å². The Kier molecular flexibility index (Phi) is 16.0. The van der Waals surface area contributed by atoms with Gasteiger partial charge in [-0.3, -0.25) is 24.8 Å². The Morgan fingerprint density at radius 3 is 1.90 bits per heavy atom. The van der Waals surface area contributed by atoms with E-state index < -0.39 is 36.0 Å². The van der Waals surface area contributed by atoms with Gasteiger partial charge in [0, 0.05) is 24.4 Å². The van der Waals surface area contributed by atoms with Gasteiger partial charge in [0.15, 0.2) is 5.96 Å². The lowest BCUT2D eigenvalue weighted by molar-refractivity contribution is -0.192. The maximum absolute atomic E-state index is 13.9. The van der Waals surface area contributed by atoms with Crippen molar-refractivity contribution in [2.45, 2.75) is 76.0 Å². The molecule has 0 saturated heterocycles. The van der Waals surface area contributed by atoms with Crippen molar-refractivity contribution in [2.24, 2.45) is 39.8 Å². The molecule has 13 nitrogen and oxygen atoms in total. The molecule has 49 heavy (non-hydrogen) atoms. The van der Waals surface area contributed by atoms with Crippen LogP contribution in [0.25, 0.3) is 0 Å². The van der Waals surface area contributed by atoms with Crippen LogP contribution < -0.4 is 33.6 Å². The van der Waals surface area contributed by atoms with Crippen LogP contribution in [-0.2, 0) is 32.0 Å². The van der Waals surface area contributed by atoms with Crippen LogP contribution in [0, 0.1) is 17.2 Å². The minimum Gasteiger partial charge on any atom is -0.475 e. The highest BCUT2D eigenvalue weighted by Gasteiger charge is 2.38. The summed E-state index contributed by atoms with van der Waals surface area (Å²) in [7, 11) is 0. The van der Waals surface area contributed by atoms with Crippen molar-refractivity contribution < 1.29 is 37.5 Å². The number of carbonyl (C=O) groups excluding carboxylic acids is 3. The summed E-state index contributed by atoms with van der Waals surface area (Å²) in [5.74, 6) is -4.33. The van der Waals surface area contributed by atoms with Crippen LogP contribution in [0.5, 0.6) is 0 Å². The molecule has 16 heteroatoms. The van der Waals surface area contributed by atoms with Crippen molar-refractivity contribution in [2.75, 3.05) is 6.54 Å². The number of primary amides is 1. The highest BCUT2D eigenvalue weighted by Crippen LogP contribution is 2.32. The fourth-order valence-electron chi connectivity index (χ4n) is 5.48. The molecule has 3 amide bonds. The van der Waals surface area contributed by atoms with Gasteiger partial charge in [-0.2, -0.15) is 13.2 Å². The van der Waals surface area contributed by atoms with Crippen molar-refractivity contribution in [1.82, 2.24) is 10.6 Å². The van der Waals surface area contributed by atoms with Crippen LogP contribution in [0.4, 0.5) is 13.2 Å². The number of hydrogen-bond donors (Lipinski definition) is 8. The summed E-state index contributed by atoms with van der Waals surface area (Å²) >= 11 is 0. The Morgan fingerprint density at radius 2 is 1.39 bits per heavy atom. The van der Waals surface area contributed by atoms with Crippen LogP contribution in [-0.4, -0.2) is 65.4 Å². The lowest BCUT2D eigenvalue weighted by atomic mass is 9.76. The average Bonchev–Trinajstić information content (AvgIpc) is 3.05. The fourth-order valence-corrected chi connectivity index (χ4v) is 5.48. The number of rotatable bonds is 15. The van der Waals surface area contributed by atoms with Crippen molar-refractivity contribution in [3.63, 3.8) is 0 Å². The molecule has 3 atom stereocenters. The largest absolute Gasteiger partial charge is 0.490 e. The van der Waals surface area contributed by atoms with E-state index in [0.717, 1.165) is 43.2 Å². The quantitative estimate of drug-likeness (QED) is 0.0778. The van der Waals surface area contributed by atoms with E-state index in [0.29, 0.717) is 24.9 Å². The SMILES string of the molecule is N=C(N)c1ccc(C[C@H](C(=O)N[C@@H](Cc2ccccc2)C(=O)NC(CCCN=C(N)N)C(N)=O)C2CCCCC2)cc1.O=C(O)C(F)(F)F. The summed E-state index contributed by atoms with van der Waals surface area (Å²) in [4.78, 5) is 52.5. The molecule has 1 aliphatic carbocycles. The number of carbonyl (C=O) groups is 4. The minimum atomic E-state index is -5.08. The van der Waals surface area contributed by atoms with E-state index >= 15 is 0 Å². The van der Waals surface area contributed by atoms with E-state index in [2.05, 4.69) is 15.6 Å². The molecular weight excluding hydrogens is 645 g/mol. The number of hydrogen-bond acceptors (Lipinski definition) is 6. The smallest absolute Gasteiger partial charge is 0.475 e. The Labute approximate surface area is 282 Å². The predicted molar refractivity (Wildman–Crippen MR) is 178 cm³/mol. The number of amidine groups is 1. The average molecular weight is 691 g/mol. The highest BCUT2D eigenvalue weighted by atomic mass is 19.4. The summed E-state index contributed by atoms with van der Waals surface area (Å²) in [6.07, 6.45) is 1.52. The normalized spacial score (nSPS) is 14.9. The number of nitrogen functional groups attached to an aromatic ring is 1. The van der Waals surface area contributed by atoms with E-state index in [1.165, 1.54) is 0 Å². The highest BCUT2D eigenvalue weighted by molar-refractivity contribution is 5.95. The van der Waals surface area contributed by atoms with Gasteiger partial charge >= 0.3 is 12.1 Å². The third kappa shape index (κ3) is 14.7. The van der Waals surface area contributed by atoms with Gasteiger partial charge in [0.05, 0.1) is 0 Å². The molecule has 3 rings (SSSR count). The monoisotopic (exact) mass is 690 g/mol. The number of aliphatic imine (C=N–C) groups is 1. The second-order valence-corrected chi connectivity index (χ2v) is 11.8. The molecule has 0 heterocycles. The molecule has 1 unspecified atom stereocenters. The van der Waals surface area contributed by atoms with Crippen LogP contribution in [0.3, 0.4) is 0 Å². The van der Waals surface area contributed by atoms with Crippen molar-refractivity contribution in [3.8, 4) is 0 Å². The molecule has 268 valence electrons. The number of nitrogens with two attached hydrogens (primary N) is 4. The third-order valence-electron chi connectivity index (χ3n) is 8.04. The fraction of sp³-hybridized carbons (Fsp3) is 0.455. The molecule has 1 aliphatic rings. The minimum absolute atomic E-state index is 0.0107. The Hall–Kier alpha value is -5.15. The van der Waals surface area contributed by atoms with Gasteiger partial charge in [-0.25, -0.2) is 4.79 Å². The van der Waals surface area contributed by atoms with Crippen molar-refractivity contribution >= 4 is 35.5 Å². The lowest BCUT2D eigenvalue weighted by Gasteiger charge is -2.31.